The predicted octanol–water partition coefficient (Wildman–Crippen LogP) is 2.61. The van der Waals surface area contributed by atoms with Crippen molar-refractivity contribution in [1.82, 2.24) is 9.80 Å². The Morgan fingerprint density at radius 1 is 1.26 bits per heavy atom. The first-order chi connectivity index (χ1) is 11.0. The molecule has 2 fully saturated rings. The quantitative estimate of drug-likeness (QED) is 0.903. The van der Waals surface area contributed by atoms with E-state index in [4.69, 9.17) is 0 Å². The van der Waals surface area contributed by atoms with Crippen molar-refractivity contribution in [3.05, 3.63) is 29.3 Å². The van der Waals surface area contributed by atoms with Crippen LogP contribution in [-0.2, 0) is 4.79 Å². The van der Waals surface area contributed by atoms with Crippen molar-refractivity contribution >= 4 is 34.6 Å². The summed E-state index contributed by atoms with van der Waals surface area (Å²) in [5, 5.41) is 2.68. The summed E-state index contributed by atoms with van der Waals surface area (Å²) in [6.45, 7) is 4.96. The van der Waals surface area contributed by atoms with Gasteiger partial charge in [-0.3, -0.25) is 14.5 Å². The number of anilines is 1. The van der Waals surface area contributed by atoms with E-state index in [9.17, 15) is 14.4 Å². The van der Waals surface area contributed by atoms with Gasteiger partial charge in [-0.05, 0) is 43.5 Å². The number of aryl methyl sites for hydroxylation is 2. The van der Waals surface area contributed by atoms with Gasteiger partial charge in [-0.1, -0.05) is 17.8 Å². The number of carbonyl (C=O) groups is 3. The fraction of sp³-hybridized carbons (Fsp3) is 0.438. The number of amides is 4. The van der Waals surface area contributed by atoms with Crippen LogP contribution in [0.1, 0.15) is 17.5 Å². The molecule has 1 aromatic rings. The summed E-state index contributed by atoms with van der Waals surface area (Å²) < 4.78 is 0. The second kappa shape index (κ2) is 6.23. The minimum atomic E-state index is -0.199. The molecular formula is C16H19N3O3S. The van der Waals surface area contributed by atoms with Crippen LogP contribution in [-0.4, -0.2) is 51.9 Å². The van der Waals surface area contributed by atoms with Gasteiger partial charge in [0.2, 0.25) is 5.91 Å². The smallest absolute Gasteiger partial charge is 0.321 e. The van der Waals surface area contributed by atoms with Gasteiger partial charge in [0.05, 0.1) is 11.8 Å². The van der Waals surface area contributed by atoms with E-state index < -0.39 is 0 Å². The molecule has 122 valence electrons. The molecule has 1 atom stereocenters. The molecule has 4 amide bonds. The minimum Gasteiger partial charge on any atom is -0.322 e. The SMILES string of the molecule is Cc1ccc(NC(=O)N2CCC(N3C(=O)CSC3=O)C2)cc1C. The van der Waals surface area contributed by atoms with Crippen molar-refractivity contribution in [3.63, 3.8) is 0 Å². The average molecular weight is 333 g/mol. The number of thioether (sulfide) groups is 1. The van der Waals surface area contributed by atoms with E-state index in [-0.39, 0.29) is 29.0 Å². The Labute approximate surface area is 139 Å². The average Bonchev–Trinajstić information content (AvgIpc) is 3.10. The summed E-state index contributed by atoms with van der Waals surface area (Å²) in [6.07, 6.45) is 0.637. The molecule has 1 aromatic carbocycles. The third kappa shape index (κ3) is 3.19. The van der Waals surface area contributed by atoms with Crippen LogP contribution >= 0.6 is 11.8 Å². The molecule has 2 aliphatic heterocycles. The maximum absolute atomic E-state index is 12.4. The maximum Gasteiger partial charge on any atom is 0.321 e. The van der Waals surface area contributed by atoms with Crippen LogP contribution in [0.5, 0.6) is 0 Å². The van der Waals surface area contributed by atoms with Crippen LogP contribution in [0, 0.1) is 13.8 Å². The lowest BCUT2D eigenvalue weighted by Gasteiger charge is -2.22. The number of imide groups is 1. The molecule has 0 radical (unpaired) electrons. The zero-order valence-corrected chi connectivity index (χ0v) is 14.0. The molecule has 0 bridgehead atoms. The summed E-state index contributed by atoms with van der Waals surface area (Å²) in [4.78, 5) is 38.9. The van der Waals surface area contributed by atoms with E-state index >= 15 is 0 Å². The summed E-state index contributed by atoms with van der Waals surface area (Å²) in [5.41, 5.74) is 3.05. The molecule has 7 heteroatoms. The number of benzene rings is 1. The predicted molar refractivity (Wildman–Crippen MR) is 89.6 cm³/mol. The Hall–Kier alpha value is -2.02. The Bertz CT molecular complexity index is 661. The number of hydrogen-bond acceptors (Lipinski definition) is 4. The molecule has 0 spiro atoms. The second-order valence-electron chi connectivity index (χ2n) is 5.94. The fourth-order valence-electron chi connectivity index (χ4n) is 2.88. The Morgan fingerprint density at radius 3 is 2.70 bits per heavy atom. The molecule has 2 heterocycles. The van der Waals surface area contributed by atoms with Crippen LogP contribution < -0.4 is 5.32 Å². The summed E-state index contributed by atoms with van der Waals surface area (Å²) in [7, 11) is 0. The third-order valence-electron chi connectivity index (χ3n) is 4.36. The number of urea groups is 1. The molecular weight excluding hydrogens is 314 g/mol. The van der Waals surface area contributed by atoms with Gasteiger partial charge in [0.15, 0.2) is 0 Å². The van der Waals surface area contributed by atoms with Gasteiger partial charge in [0.1, 0.15) is 0 Å². The molecule has 3 rings (SSSR count). The number of rotatable bonds is 2. The summed E-state index contributed by atoms with van der Waals surface area (Å²) in [5.74, 6) is 0.0610. The lowest BCUT2D eigenvalue weighted by atomic mass is 10.1. The zero-order chi connectivity index (χ0) is 16.6. The summed E-state index contributed by atoms with van der Waals surface area (Å²) >= 11 is 1.03. The molecule has 2 aliphatic rings. The van der Waals surface area contributed by atoms with E-state index in [0.717, 1.165) is 23.0 Å². The molecule has 1 unspecified atom stereocenters. The van der Waals surface area contributed by atoms with Gasteiger partial charge >= 0.3 is 6.03 Å². The van der Waals surface area contributed by atoms with Crippen LogP contribution in [0.15, 0.2) is 18.2 Å². The molecule has 2 saturated heterocycles. The highest BCUT2D eigenvalue weighted by molar-refractivity contribution is 8.14. The largest absolute Gasteiger partial charge is 0.322 e. The van der Waals surface area contributed by atoms with Crippen molar-refractivity contribution in [2.45, 2.75) is 26.3 Å². The number of carbonyl (C=O) groups excluding carboxylic acids is 3. The number of nitrogens with one attached hydrogen (secondary N) is 1. The highest BCUT2D eigenvalue weighted by Crippen LogP contribution is 2.26. The Balaban J connectivity index is 1.62. The maximum atomic E-state index is 12.4. The summed E-state index contributed by atoms with van der Waals surface area (Å²) in [6, 6.07) is 5.39. The minimum absolute atomic E-state index is 0.151. The molecule has 6 nitrogen and oxygen atoms in total. The van der Waals surface area contributed by atoms with Gasteiger partial charge in [-0.25, -0.2) is 4.79 Å². The lowest BCUT2D eigenvalue weighted by Crippen LogP contribution is -2.42. The van der Waals surface area contributed by atoms with Gasteiger partial charge in [0.25, 0.3) is 5.24 Å². The zero-order valence-electron chi connectivity index (χ0n) is 13.2. The van der Waals surface area contributed by atoms with E-state index in [2.05, 4.69) is 5.32 Å². The first kappa shape index (κ1) is 15.9. The van der Waals surface area contributed by atoms with E-state index in [1.807, 2.05) is 32.0 Å². The van der Waals surface area contributed by atoms with Crippen molar-refractivity contribution in [2.24, 2.45) is 0 Å². The van der Waals surface area contributed by atoms with Crippen LogP contribution in [0.25, 0.3) is 0 Å². The van der Waals surface area contributed by atoms with Gasteiger partial charge in [-0.15, -0.1) is 0 Å². The number of likely N-dealkylation sites (tertiary alicyclic amines) is 1. The molecule has 0 aromatic heterocycles. The van der Waals surface area contributed by atoms with Crippen molar-refractivity contribution < 1.29 is 14.4 Å². The van der Waals surface area contributed by atoms with Crippen LogP contribution in [0.4, 0.5) is 15.3 Å². The van der Waals surface area contributed by atoms with Crippen molar-refractivity contribution in [3.8, 4) is 0 Å². The van der Waals surface area contributed by atoms with Crippen molar-refractivity contribution in [1.29, 1.82) is 0 Å². The highest BCUT2D eigenvalue weighted by atomic mass is 32.2. The third-order valence-corrected chi connectivity index (χ3v) is 5.19. The van der Waals surface area contributed by atoms with E-state index in [0.29, 0.717) is 19.5 Å². The standard InChI is InChI=1S/C16H19N3O3S/c1-10-3-4-12(7-11(10)2)17-15(21)18-6-5-13(8-18)19-14(20)9-23-16(19)22/h3-4,7,13H,5-6,8-9H2,1-2H3,(H,17,21). The molecule has 0 saturated carbocycles. The Kier molecular flexibility index (Phi) is 4.30. The molecule has 1 N–H and O–H groups in total. The van der Waals surface area contributed by atoms with Gasteiger partial charge in [-0.2, -0.15) is 0 Å². The number of nitrogens with zero attached hydrogens (tertiary/aromatic N) is 2. The molecule has 0 aliphatic carbocycles. The topological polar surface area (TPSA) is 69.7 Å². The number of hydrogen-bond donors (Lipinski definition) is 1. The van der Waals surface area contributed by atoms with Gasteiger partial charge < -0.3 is 10.2 Å². The first-order valence-corrected chi connectivity index (χ1v) is 8.56. The normalized spacial score (nSPS) is 21.2. The molecule has 23 heavy (non-hydrogen) atoms. The van der Waals surface area contributed by atoms with Gasteiger partial charge in [0, 0.05) is 18.8 Å². The van der Waals surface area contributed by atoms with E-state index in [1.54, 1.807) is 4.90 Å². The second-order valence-corrected chi connectivity index (χ2v) is 6.86. The van der Waals surface area contributed by atoms with E-state index in [1.165, 1.54) is 10.5 Å². The van der Waals surface area contributed by atoms with Crippen LogP contribution in [0.3, 0.4) is 0 Å². The monoisotopic (exact) mass is 333 g/mol. The lowest BCUT2D eigenvalue weighted by molar-refractivity contribution is -0.126. The first-order valence-electron chi connectivity index (χ1n) is 7.57. The van der Waals surface area contributed by atoms with Crippen LogP contribution in [0.2, 0.25) is 0 Å². The highest BCUT2D eigenvalue weighted by Gasteiger charge is 2.40. The fourth-order valence-corrected chi connectivity index (χ4v) is 3.65. The Morgan fingerprint density at radius 2 is 2.04 bits per heavy atom. The van der Waals surface area contributed by atoms with Crippen molar-refractivity contribution in [2.75, 3.05) is 24.2 Å².